The van der Waals surface area contributed by atoms with Gasteiger partial charge in [0, 0.05) is 0 Å². The zero-order valence-electron chi connectivity index (χ0n) is 5.64. The molecule has 2 fully saturated rings. The first kappa shape index (κ1) is 7.02. The summed E-state index contributed by atoms with van der Waals surface area (Å²) in [7, 11) is 0. The van der Waals surface area contributed by atoms with E-state index in [0.717, 1.165) is 0 Å². The van der Waals surface area contributed by atoms with Gasteiger partial charge in [-0.15, -0.1) is 0 Å². The molecule has 2 rings (SSSR count). The third-order valence-electron chi connectivity index (χ3n) is 1.96. The highest BCUT2D eigenvalue weighted by molar-refractivity contribution is 5.78. The summed E-state index contributed by atoms with van der Waals surface area (Å²) in [6.45, 7) is 0.0537. The number of aliphatic hydroxyl groups is 2. The van der Waals surface area contributed by atoms with Gasteiger partial charge in [-0.05, 0) is 0 Å². The molecule has 2 aliphatic rings. The van der Waals surface area contributed by atoms with Crippen molar-refractivity contribution >= 4 is 5.97 Å². The Bertz CT molecular complexity index is 191. The maximum atomic E-state index is 10.8. The Labute approximate surface area is 62.5 Å². The molecule has 4 unspecified atom stereocenters. The van der Waals surface area contributed by atoms with Crippen LogP contribution in [-0.4, -0.2) is 47.2 Å². The van der Waals surface area contributed by atoms with E-state index in [-0.39, 0.29) is 6.61 Å². The highest BCUT2D eigenvalue weighted by Crippen LogP contribution is 2.26. The predicted molar refractivity (Wildman–Crippen MR) is 31.6 cm³/mol. The molecule has 0 radical (unpaired) electrons. The fourth-order valence-electron chi connectivity index (χ4n) is 1.35. The molecule has 0 spiro atoms. The number of fused-ring (bicyclic) bond motifs is 2. The zero-order chi connectivity index (χ0) is 8.01. The molecule has 0 amide bonds. The predicted octanol–water partition coefficient (Wildman–Crippen LogP) is -1.97. The van der Waals surface area contributed by atoms with Gasteiger partial charge in [0.2, 0.25) is 0 Å². The highest BCUT2D eigenvalue weighted by Gasteiger charge is 2.51. The Hall–Kier alpha value is -0.650. The standard InChI is InChI=1S/C6H8O5/c7-2-1-10-5-3(8)4(2)11-6(5)9/h2-5,7-8H,1H2. The quantitative estimate of drug-likeness (QED) is 0.402. The van der Waals surface area contributed by atoms with Crippen LogP contribution < -0.4 is 0 Å². The summed E-state index contributed by atoms with van der Waals surface area (Å²) in [4.78, 5) is 10.8. The summed E-state index contributed by atoms with van der Waals surface area (Å²) in [5.74, 6) is -0.584. The van der Waals surface area contributed by atoms with Crippen molar-refractivity contribution in [1.29, 1.82) is 0 Å². The van der Waals surface area contributed by atoms with E-state index in [1.54, 1.807) is 0 Å². The number of carbonyl (C=O) groups is 1. The molecule has 0 aromatic rings. The molecule has 5 nitrogen and oxygen atoms in total. The van der Waals surface area contributed by atoms with Crippen molar-refractivity contribution in [2.24, 2.45) is 0 Å². The largest absolute Gasteiger partial charge is 0.455 e. The van der Waals surface area contributed by atoms with Crippen molar-refractivity contribution in [3.63, 3.8) is 0 Å². The van der Waals surface area contributed by atoms with Crippen molar-refractivity contribution in [3.05, 3.63) is 0 Å². The van der Waals surface area contributed by atoms with Crippen molar-refractivity contribution in [3.8, 4) is 0 Å². The van der Waals surface area contributed by atoms with Gasteiger partial charge in [0.15, 0.2) is 12.2 Å². The third kappa shape index (κ3) is 0.852. The van der Waals surface area contributed by atoms with Crippen molar-refractivity contribution in [1.82, 2.24) is 0 Å². The summed E-state index contributed by atoms with van der Waals surface area (Å²) in [5.41, 5.74) is 0. The van der Waals surface area contributed by atoms with Crippen LogP contribution in [0.15, 0.2) is 0 Å². The summed E-state index contributed by atoms with van der Waals surface area (Å²) < 4.78 is 9.48. The van der Waals surface area contributed by atoms with Crippen LogP contribution in [0.3, 0.4) is 0 Å². The van der Waals surface area contributed by atoms with Crippen LogP contribution in [0, 0.1) is 0 Å². The minimum Gasteiger partial charge on any atom is -0.455 e. The Balaban J connectivity index is 2.23. The molecule has 0 aromatic carbocycles. The van der Waals surface area contributed by atoms with Gasteiger partial charge in [-0.1, -0.05) is 0 Å². The molecule has 2 heterocycles. The Morgan fingerprint density at radius 3 is 2.82 bits per heavy atom. The first-order chi connectivity index (χ1) is 5.20. The number of esters is 1. The number of hydrogen-bond donors (Lipinski definition) is 2. The van der Waals surface area contributed by atoms with Crippen LogP contribution in [-0.2, 0) is 14.3 Å². The van der Waals surface area contributed by atoms with Gasteiger partial charge in [-0.3, -0.25) is 0 Å². The van der Waals surface area contributed by atoms with E-state index in [4.69, 9.17) is 9.84 Å². The molecular weight excluding hydrogens is 152 g/mol. The van der Waals surface area contributed by atoms with Crippen LogP contribution in [0.5, 0.6) is 0 Å². The number of carbonyl (C=O) groups excluding carboxylic acids is 1. The monoisotopic (exact) mass is 160 g/mol. The lowest BCUT2D eigenvalue weighted by Gasteiger charge is -2.25. The van der Waals surface area contributed by atoms with E-state index in [9.17, 15) is 9.90 Å². The molecule has 4 atom stereocenters. The van der Waals surface area contributed by atoms with Gasteiger partial charge in [-0.25, -0.2) is 4.79 Å². The fraction of sp³-hybridized carbons (Fsp3) is 0.833. The molecule has 5 heteroatoms. The lowest BCUT2D eigenvalue weighted by Crippen LogP contribution is -2.47. The molecule has 2 N–H and O–H groups in total. The van der Waals surface area contributed by atoms with Gasteiger partial charge in [-0.2, -0.15) is 0 Å². The fourth-order valence-corrected chi connectivity index (χ4v) is 1.35. The molecule has 0 aromatic heterocycles. The average Bonchev–Trinajstić information content (AvgIpc) is 2.12. The van der Waals surface area contributed by atoms with E-state index < -0.39 is 30.4 Å². The average molecular weight is 160 g/mol. The molecule has 0 saturated carbocycles. The molecular formula is C6H8O5. The van der Waals surface area contributed by atoms with Gasteiger partial charge < -0.3 is 19.7 Å². The first-order valence-electron chi connectivity index (χ1n) is 3.38. The third-order valence-corrected chi connectivity index (χ3v) is 1.96. The zero-order valence-corrected chi connectivity index (χ0v) is 5.64. The van der Waals surface area contributed by atoms with Gasteiger partial charge in [0.05, 0.1) is 6.61 Å². The number of rotatable bonds is 0. The molecule has 62 valence electrons. The van der Waals surface area contributed by atoms with Crippen molar-refractivity contribution < 1.29 is 24.5 Å². The van der Waals surface area contributed by atoms with Crippen molar-refractivity contribution in [2.75, 3.05) is 6.61 Å². The summed E-state index contributed by atoms with van der Waals surface area (Å²) in [5, 5.41) is 18.3. The van der Waals surface area contributed by atoms with E-state index in [1.165, 1.54) is 0 Å². The SMILES string of the molecule is O=C1OC2C(O)COC1C2O. The van der Waals surface area contributed by atoms with E-state index in [1.807, 2.05) is 0 Å². The second-order valence-corrected chi connectivity index (χ2v) is 2.71. The summed E-state index contributed by atoms with van der Waals surface area (Å²) in [6.07, 6.45) is -3.58. The maximum Gasteiger partial charge on any atom is 0.338 e. The van der Waals surface area contributed by atoms with Gasteiger partial charge >= 0.3 is 5.97 Å². The van der Waals surface area contributed by atoms with Crippen LogP contribution in [0.2, 0.25) is 0 Å². The Kier molecular flexibility index (Phi) is 1.38. The highest BCUT2D eigenvalue weighted by atomic mass is 16.6. The lowest BCUT2D eigenvalue weighted by molar-refractivity contribution is -0.146. The number of hydrogen-bond acceptors (Lipinski definition) is 5. The Morgan fingerprint density at radius 2 is 2.18 bits per heavy atom. The maximum absolute atomic E-state index is 10.8. The summed E-state index contributed by atoms with van der Waals surface area (Å²) >= 11 is 0. The molecule has 2 bridgehead atoms. The van der Waals surface area contributed by atoms with Crippen LogP contribution in [0.1, 0.15) is 0 Å². The molecule has 11 heavy (non-hydrogen) atoms. The smallest absolute Gasteiger partial charge is 0.338 e. The normalized spacial score (nSPS) is 49.1. The van der Waals surface area contributed by atoms with Crippen LogP contribution in [0.25, 0.3) is 0 Å². The summed E-state index contributed by atoms with van der Waals surface area (Å²) in [6, 6.07) is 0. The van der Waals surface area contributed by atoms with Gasteiger partial charge in [0.1, 0.15) is 12.2 Å². The second-order valence-electron chi connectivity index (χ2n) is 2.71. The first-order valence-corrected chi connectivity index (χ1v) is 3.38. The van der Waals surface area contributed by atoms with E-state index >= 15 is 0 Å². The number of aliphatic hydroxyl groups excluding tert-OH is 2. The minimum atomic E-state index is -1.01. The van der Waals surface area contributed by atoms with E-state index in [0.29, 0.717) is 0 Å². The van der Waals surface area contributed by atoms with E-state index in [2.05, 4.69) is 4.74 Å². The lowest BCUT2D eigenvalue weighted by atomic mass is 10.0. The van der Waals surface area contributed by atoms with Crippen molar-refractivity contribution in [2.45, 2.75) is 24.4 Å². The molecule has 2 saturated heterocycles. The minimum absolute atomic E-state index is 0.0537. The number of ether oxygens (including phenoxy) is 2. The van der Waals surface area contributed by atoms with Crippen LogP contribution in [0.4, 0.5) is 0 Å². The van der Waals surface area contributed by atoms with Gasteiger partial charge in [0.25, 0.3) is 0 Å². The molecule has 0 aliphatic carbocycles. The topological polar surface area (TPSA) is 76.0 Å². The Morgan fingerprint density at radius 1 is 1.45 bits per heavy atom. The van der Waals surface area contributed by atoms with Crippen LogP contribution >= 0.6 is 0 Å². The second kappa shape index (κ2) is 2.17. The molecule has 2 aliphatic heterocycles.